The highest BCUT2D eigenvalue weighted by Crippen LogP contribution is 2.31. The number of benzene rings is 2. The van der Waals surface area contributed by atoms with Gasteiger partial charge in [-0.15, -0.1) is 0 Å². The Bertz CT molecular complexity index is 1140. The zero-order chi connectivity index (χ0) is 25.2. The monoisotopic (exact) mass is 491 g/mol. The second-order valence-electron chi connectivity index (χ2n) is 9.78. The highest BCUT2D eigenvalue weighted by Gasteiger charge is 2.39. The average Bonchev–Trinajstić information content (AvgIpc) is 3.20. The fourth-order valence-electron chi connectivity index (χ4n) is 5.15. The van der Waals surface area contributed by atoms with Gasteiger partial charge in [0.25, 0.3) is 5.91 Å². The van der Waals surface area contributed by atoms with Crippen LogP contribution in [0.25, 0.3) is 0 Å². The molecule has 0 saturated carbocycles. The van der Waals surface area contributed by atoms with Crippen LogP contribution < -0.4 is 20.7 Å². The predicted octanol–water partition coefficient (Wildman–Crippen LogP) is 1.67. The van der Waals surface area contributed by atoms with Gasteiger partial charge in [0, 0.05) is 63.0 Å². The predicted molar refractivity (Wildman–Crippen MR) is 136 cm³/mol. The van der Waals surface area contributed by atoms with Crippen LogP contribution in [0, 0.1) is 0 Å². The molecule has 0 aliphatic carbocycles. The molecule has 0 bridgehead atoms. The Morgan fingerprint density at radius 2 is 1.81 bits per heavy atom. The quantitative estimate of drug-likeness (QED) is 0.567. The summed E-state index contributed by atoms with van der Waals surface area (Å²) < 4.78 is 5.91. The Morgan fingerprint density at radius 1 is 1.06 bits per heavy atom. The van der Waals surface area contributed by atoms with Crippen molar-refractivity contribution in [3.63, 3.8) is 0 Å². The molecule has 3 aliphatic rings. The maximum absolute atomic E-state index is 12.9. The lowest BCUT2D eigenvalue weighted by Gasteiger charge is -2.36. The van der Waals surface area contributed by atoms with Gasteiger partial charge in [-0.2, -0.15) is 0 Å². The summed E-state index contributed by atoms with van der Waals surface area (Å²) in [6, 6.07) is 13.3. The van der Waals surface area contributed by atoms with Crippen molar-refractivity contribution in [1.82, 2.24) is 15.1 Å². The van der Waals surface area contributed by atoms with Crippen molar-refractivity contribution in [2.24, 2.45) is 5.73 Å². The third-order valence-corrected chi connectivity index (χ3v) is 7.33. The number of carbonyl (C=O) groups is 3. The summed E-state index contributed by atoms with van der Waals surface area (Å²) in [5, 5.41) is 2.35. The number of piperazine rings is 1. The molecule has 0 radical (unpaired) electrons. The van der Waals surface area contributed by atoms with E-state index in [1.807, 2.05) is 43.3 Å². The number of ether oxygens (including phenoxy) is 1. The maximum Gasteiger partial charge on any atom is 0.255 e. The zero-order valence-corrected chi connectivity index (χ0v) is 20.6. The number of piperidine rings is 1. The number of fused-ring (bicyclic) bond motifs is 1. The summed E-state index contributed by atoms with van der Waals surface area (Å²) in [6.07, 6.45) is 0.637. The van der Waals surface area contributed by atoms with Gasteiger partial charge in [-0.25, -0.2) is 0 Å². The molecular formula is C27H33N5O4. The molecule has 9 heteroatoms. The number of hydrogen-bond donors (Lipinski definition) is 2. The molecule has 2 saturated heterocycles. The van der Waals surface area contributed by atoms with Gasteiger partial charge in [-0.3, -0.25) is 24.6 Å². The molecule has 0 aromatic heterocycles. The van der Waals surface area contributed by atoms with Crippen molar-refractivity contribution >= 4 is 23.4 Å². The van der Waals surface area contributed by atoms with Gasteiger partial charge in [0.15, 0.2) is 0 Å². The molecule has 3 N–H and O–H groups in total. The molecule has 5 rings (SSSR count). The highest BCUT2D eigenvalue weighted by molar-refractivity contribution is 6.05. The van der Waals surface area contributed by atoms with Crippen molar-refractivity contribution in [1.29, 1.82) is 0 Å². The summed E-state index contributed by atoms with van der Waals surface area (Å²) in [7, 11) is 0. The minimum Gasteiger partial charge on any atom is -0.492 e. The van der Waals surface area contributed by atoms with E-state index in [-0.39, 0.29) is 30.2 Å². The first-order valence-corrected chi connectivity index (χ1v) is 12.6. The minimum absolute atomic E-state index is 0.0192. The second-order valence-corrected chi connectivity index (χ2v) is 9.78. The number of anilines is 1. The van der Waals surface area contributed by atoms with Crippen LogP contribution in [0.1, 0.15) is 47.3 Å². The SMILES string of the molecule is C[C@@H](N)c1ccc(OCCN2CCN(c3ccc4c(c3)CN(C3CCC(=O)NC3=O)C4=O)CC2)cc1. The first-order chi connectivity index (χ1) is 17.4. The van der Waals surface area contributed by atoms with Gasteiger partial charge in [0.05, 0.1) is 0 Å². The Labute approximate surface area is 211 Å². The lowest BCUT2D eigenvalue weighted by Crippen LogP contribution is -2.52. The fourth-order valence-corrected chi connectivity index (χ4v) is 5.15. The van der Waals surface area contributed by atoms with E-state index >= 15 is 0 Å². The van der Waals surface area contributed by atoms with Crippen LogP contribution in [-0.2, 0) is 16.1 Å². The lowest BCUT2D eigenvalue weighted by molar-refractivity contribution is -0.136. The van der Waals surface area contributed by atoms with Gasteiger partial charge < -0.3 is 20.3 Å². The lowest BCUT2D eigenvalue weighted by atomic mass is 10.0. The van der Waals surface area contributed by atoms with Crippen LogP contribution >= 0.6 is 0 Å². The molecule has 0 spiro atoms. The first-order valence-electron chi connectivity index (χ1n) is 12.6. The highest BCUT2D eigenvalue weighted by atomic mass is 16.5. The number of rotatable bonds is 7. The summed E-state index contributed by atoms with van der Waals surface area (Å²) in [4.78, 5) is 43.0. The number of hydrogen-bond acceptors (Lipinski definition) is 7. The molecule has 3 aliphatic heterocycles. The van der Waals surface area contributed by atoms with Crippen molar-refractivity contribution < 1.29 is 19.1 Å². The molecule has 190 valence electrons. The molecule has 2 aromatic rings. The third kappa shape index (κ3) is 5.08. The van der Waals surface area contributed by atoms with Crippen molar-refractivity contribution in [2.45, 2.75) is 38.4 Å². The number of nitrogens with zero attached hydrogens (tertiary/aromatic N) is 3. The van der Waals surface area contributed by atoms with E-state index in [0.29, 0.717) is 25.1 Å². The Kier molecular flexibility index (Phi) is 6.93. The summed E-state index contributed by atoms with van der Waals surface area (Å²) >= 11 is 0. The second kappa shape index (κ2) is 10.3. The van der Waals surface area contributed by atoms with E-state index in [4.69, 9.17) is 10.5 Å². The van der Waals surface area contributed by atoms with Crippen molar-refractivity contribution in [2.75, 3.05) is 44.2 Å². The number of nitrogens with one attached hydrogen (secondary N) is 1. The number of imide groups is 1. The average molecular weight is 492 g/mol. The van der Waals surface area contributed by atoms with Gasteiger partial charge in [0.2, 0.25) is 11.8 Å². The number of carbonyl (C=O) groups excluding carboxylic acids is 3. The Balaban J connectivity index is 1.12. The van der Waals surface area contributed by atoms with Crippen LogP contribution in [0.4, 0.5) is 5.69 Å². The normalized spacial score (nSPS) is 21.4. The van der Waals surface area contributed by atoms with Crippen molar-refractivity contribution in [3.8, 4) is 5.75 Å². The van der Waals surface area contributed by atoms with Crippen LogP contribution in [0.2, 0.25) is 0 Å². The van der Waals surface area contributed by atoms with Gasteiger partial charge in [0.1, 0.15) is 18.4 Å². The number of nitrogens with two attached hydrogens (primary N) is 1. The molecule has 2 fully saturated rings. The third-order valence-electron chi connectivity index (χ3n) is 7.33. The van der Waals surface area contributed by atoms with Gasteiger partial charge >= 0.3 is 0 Å². The summed E-state index contributed by atoms with van der Waals surface area (Å²) in [5.41, 5.74) is 9.67. The molecule has 9 nitrogen and oxygen atoms in total. The van der Waals surface area contributed by atoms with Crippen LogP contribution in [-0.4, -0.2) is 72.9 Å². The van der Waals surface area contributed by atoms with Crippen LogP contribution in [0.5, 0.6) is 5.75 Å². The van der Waals surface area contributed by atoms with E-state index in [9.17, 15) is 14.4 Å². The van der Waals surface area contributed by atoms with Crippen molar-refractivity contribution in [3.05, 3.63) is 59.2 Å². The zero-order valence-electron chi connectivity index (χ0n) is 20.6. The topological polar surface area (TPSA) is 108 Å². The maximum atomic E-state index is 12.9. The summed E-state index contributed by atoms with van der Waals surface area (Å²) in [6.45, 7) is 7.53. The largest absolute Gasteiger partial charge is 0.492 e. The molecule has 2 atom stereocenters. The standard InChI is InChI=1S/C27H33N5O4/c1-18(28)19-2-5-22(6-3-19)36-15-14-30-10-12-31(13-11-30)21-4-7-23-20(16-21)17-32(27(23)35)24-8-9-25(33)29-26(24)34/h2-7,16,18,24H,8-15,17,28H2,1H3,(H,29,33,34)/t18-,24?/m1/s1. The number of amides is 3. The Hall–Kier alpha value is -3.43. The first kappa shape index (κ1) is 24.3. The van der Waals surface area contributed by atoms with Crippen LogP contribution in [0.3, 0.4) is 0 Å². The summed E-state index contributed by atoms with van der Waals surface area (Å²) in [5.74, 6) is 0.0688. The molecule has 1 unspecified atom stereocenters. The van der Waals surface area contributed by atoms with Gasteiger partial charge in [-0.05, 0) is 54.8 Å². The molecule has 36 heavy (non-hydrogen) atoms. The molecular weight excluding hydrogens is 458 g/mol. The van der Waals surface area contributed by atoms with E-state index < -0.39 is 6.04 Å². The van der Waals surface area contributed by atoms with E-state index in [1.165, 1.54) is 0 Å². The van der Waals surface area contributed by atoms with E-state index in [0.717, 1.165) is 55.3 Å². The van der Waals surface area contributed by atoms with Crippen LogP contribution in [0.15, 0.2) is 42.5 Å². The molecule has 3 heterocycles. The van der Waals surface area contributed by atoms with E-state index in [1.54, 1.807) is 4.90 Å². The Morgan fingerprint density at radius 3 is 2.50 bits per heavy atom. The molecule has 2 aromatic carbocycles. The molecule has 3 amide bonds. The fraction of sp³-hybridized carbons (Fsp3) is 0.444. The smallest absolute Gasteiger partial charge is 0.255 e. The minimum atomic E-state index is -0.584. The van der Waals surface area contributed by atoms with Gasteiger partial charge in [-0.1, -0.05) is 12.1 Å². The van der Waals surface area contributed by atoms with E-state index in [2.05, 4.69) is 21.2 Å².